The Bertz CT molecular complexity index is 980. The summed E-state index contributed by atoms with van der Waals surface area (Å²) in [5.41, 5.74) is 1.07. The second-order valence-electron chi connectivity index (χ2n) is 6.64. The molecule has 0 bridgehead atoms. The average Bonchev–Trinajstić information content (AvgIpc) is 3.29. The minimum atomic E-state index is -1.09. The number of ether oxygens (including phenoxy) is 5. The highest BCUT2D eigenvalue weighted by molar-refractivity contribution is 6.06. The standard InChI is InChI=1S/C21H18O8/c1-11(22)29-16-8-18-17(27-10-28-18)7-14(16)19(20-15(23)9-26-21(20)24)12-4-3-5-13(6-12)25-2/h3-8,19-20H,9-10H2,1-2H3/t19-,20+/m1/s1. The number of benzene rings is 2. The minimum absolute atomic E-state index is 0.0204. The number of methoxy groups -OCH3 is 1. The molecule has 0 radical (unpaired) electrons. The van der Waals surface area contributed by atoms with E-state index in [4.69, 9.17) is 23.7 Å². The Labute approximate surface area is 166 Å². The van der Waals surface area contributed by atoms with E-state index in [9.17, 15) is 14.4 Å². The maximum Gasteiger partial charge on any atom is 0.318 e. The van der Waals surface area contributed by atoms with Gasteiger partial charge in [0.05, 0.1) is 7.11 Å². The fourth-order valence-electron chi connectivity index (χ4n) is 3.59. The van der Waals surface area contributed by atoms with Gasteiger partial charge in [-0.2, -0.15) is 0 Å². The lowest BCUT2D eigenvalue weighted by molar-refractivity contribution is -0.141. The fraction of sp³-hybridized carbons (Fsp3) is 0.286. The van der Waals surface area contributed by atoms with Crippen LogP contribution in [0.4, 0.5) is 0 Å². The van der Waals surface area contributed by atoms with Crippen LogP contribution in [0.2, 0.25) is 0 Å². The SMILES string of the molecule is COc1cccc([C@H](c2cc3c(cc2OC(C)=O)OCO3)[C@@H]2C(=O)COC2=O)c1. The van der Waals surface area contributed by atoms with Crippen molar-refractivity contribution < 1.29 is 38.1 Å². The van der Waals surface area contributed by atoms with E-state index >= 15 is 0 Å². The van der Waals surface area contributed by atoms with E-state index in [-0.39, 0.29) is 24.9 Å². The number of carbonyl (C=O) groups is 3. The summed E-state index contributed by atoms with van der Waals surface area (Å²) in [6.07, 6.45) is 0. The molecule has 1 fully saturated rings. The number of hydrogen-bond acceptors (Lipinski definition) is 8. The quantitative estimate of drug-likeness (QED) is 0.430. The number of esters is 2. The maximum atomic E-state index is 12.6. The highest BCUT2D eigenvalue weighted by Gasteiger charge is 2.44. The van der Waals surface area contributed by atoms with Gasteiger partial charge in [0.15, 0.2) is 23.9 Å². The smallest absolute Gasteiger partial charge is 0.318 e. The molecule has 0 spiro atoms. The Balaban J connectivity index is 1.92. The van der Waals surface area contributed by atoms with Crippen LogP contribution in [0.1, 0.15) is 24.0 Å². The van der Waals surface area contributed by atoms with Crippen molar-refractivity contribution in [2.24, 2.45) is 5.92 Å². The Kier molecular flexibility index (Phi) is 4.84. The van der Waals surface area contributed by atoms with Crippen molar-refractivity contribution in [2.75, 3.05) is 20.5 Å². The van der Waals surface area contributed by atoms with E-state index in [1.165, 1.54) is 20.1 Å². The molecule has 2 aliphatic rings. The number of cyclic esters (lactones) is 1. The van der Waals surface area contributed by atoms with Crippen LogP contribution in [0, 0.1) is 5.92 Å². The van der Waals surface area contributed by atoms with Gasteiger partial charge < -0.3 is 23.7 Å². The predicted molar refractivity (Wildman–Crippen MR) is 98.2 cm³/mol. The number of fused-ring (bicyclic) bond motifs is 1. The summed E-state index contributed by atoms with van der Waals surface area (Å²) in [5.74, 6) is -1.80. The van der Waals surface area contributed by atoms with Gasteiger partial charge in [0.25, 0.3) is 0 Å². The Hall–Kier alpha value is -3.55. The van der Waals surface area contributed by atoms with E-state index < -0.39 is 23.8 Å². The van der Waals surface area contributed by atoms with Crippen LogP contribution in [0.5, 0.6) is 23.0 Å². The number of rotatable bonds is 5. The molecule has 1 saturated heterocycles. The molecule has 150 valence electrons. The Morgan fingerprint density at radius 1 is 1.10 bits per heavy atom. The Morgan fingerprint density at radius 3 is 2.52 bits per heavy atom. The molecule has 29 heavy (non-hydrogen) atoms. The third-order valence-electron chi connectivity index (χ3n) is 4.84. The molecule has 0 N–H and O–H groups in total. The van der Waals surface area contributed by atoms with Crippen molar-refractivity contribution in [3.63, 3.8) is 0 Å². The number of ketones is 1. The fourth-order valence-corrected chi connectivity index (χ4v) is 3.59. The minimum Gasteiger partial charge on any atom is -0.497 e. The summed E-state index contributed by atoms with van der Waals surface area (Å²) >= 11 is 0. The molecule has 2 aliphatic heterocycles. The first-order valence-corrected chi connectivity index (χ1v) is 8.93. The number of Topliss-reactive ketones (excluding diaryl/α,β-unsaturated/α-hetero) is 1. The molecule has 8 nitrogen and oxygen atoms in total. The van der Waals surface area contributed by atoms with E-state index in [0.717, 1.165) is 0 Å². The highest BCUT2D eigenvalue weighted by atomic mass is 16.7. The monoisotopic (exact) mass is 398 g/mol. The van der Waals surface area contributed by atoms with E-state index in [1.807, 2.05) is 0 Å². The van der Waals surface area contributed by atoms with Gasteiger partial charge in [0.1, 0.15) is 17.4 Å². The summed E-state index contributed by atoms with van der Waals surface area (Å²) in [6.45, 7) is 0.994. The van der Waals surface area contributed by atoms with Crippen molar-refractivity contribution >= 4 is 17.7 Å². The summed E-state index contributed by atoms with van der Waals surface area (Å²) in [4.78, 5) is 36.7. The molecule has 0 aromatic heterocycles. The van der Waals surface area contributed by atoms with Crippen molar-refractivity contribution in [1.29, 1.82) is 0 Å². The zero-order valence-electron chi connectivity index (χ0n) is 15.8. The van der Waals surface area contributed by atoms with Crippen molar-refractivity contribution in [3.8, 4) is 23.0 Å². The van der Waals surface area contributed by atoms with Crippen LogP contribution in [0.3, 0.4) is 0 Å². The Morgan fingerprint density at radius 2 is 1.86 bits per heavy atom. The van der Waals surface area contributed by atoms with Crippen LogP contribution >= 0.6 is 0 Å². The molecule has 2 atom stereocenters. The largest absolute Gasteiger partial charge is 0.497 e. The van der Waals surface area contributed by atoms with Gasteiger partial charge in [-0.05, 0) is 23.8 Å². The first-order valence-electron chi connectivity index (χ1n) is 8.93. The van der Waals surface area contributed by atoms with Gasteiger partial charge in [-0.1, -0.05) is 12.1 Å². The van der Waals surface area contributed by atoms with E-state index in [2.05, 4.69) is 0 Å². The average molecular weight is 398 g/mol. The summed E-state index contributed by atoms with van der Waals surface area (Å²) < 4.78 is 26.5. The number of hydrogen-bond donors (Lipinski definition) is 0. The van der Waals surface area contributed by atoms with Crippen LogP contribution < -0.4 is 18.9 Å². The molecule has 0 aliphatic carbocycles. The molecule has 0 saturated carbocycles. The molecular formula is C21H18O8. The lowest BCUT2D eigenvalue weighted by Crippen LogP contribution is -2.26. The second-order valence-corrected chi connectivity index (χ2v) is 6.64. The van der Waals surface area contributed by atoms with Crippen molar-refractivity contribution in [1.82, 2.24) is 0 Å². The predicted octanol–water partition coefficient (Wildman–Crippen LogP) is 2.22. The molecule has 2 aromatic carbocycles. The van der Waals surface area contributed by atoms with Gasteiger partial charge >= 0.3 is 11.9 Å². The van der Waals surface area contributed by atoms with Gasteiger partial charge in [-0.15, -0.1) is 0 Å². The van der Waals surface area contributed by atoms with Crippen molar-refractivity contribution in [2.45, 2.75) is 12.8 Å². The molecule has 4 rings (SSSR count). The topological polar surface area (TPSA) is 97.4 Å². The molecule has 8 heteroatoms. The first-order chi connectivity index (χ1) is 14.0. The zero-order chi connectivity index (χ0) is 20.5. The zero-order valence-corrected chi connectivity index (χ0v) is 15.8. The summed E-state index contributed by atoms with van der Waals surface area (Å²) in [7, 11) is 1.52. The molecule has 2 aromatic rings. The van der Waals surface area contributed by atoms with E-state index in [1.54, 1.807) is 30.3 Å². The maximum absolute atomic E-state index is 12.6. The van der Waals surface area contributed by atoms with Gasteiger partial charge in [-0.25, -0.2) is 0 Å². The lowest BCUT2D eigenvalue weighted by Gasteiger charge is -2.24. The normalized spacial score (nSPS) is 18.3. The molecule has 0 unspecified atom stereocenters. The van der Waals surface area contributed by atoms with Crippen LogP contribution in [0.25, 0.3) is 0 Å². The van der Waals surface area contributed by atoms with Crippen molar-refractivity contribution in [3.05, 3.63) is 47.5 Å². The van der Waals surface area contributed by atoms with Crippen LogP contribution in [0.15, 0.2) is 36.4 Å². The summed E-state index contributed by atoms with van der Waals surface area (Å²) in [5, 5.41) is 0. The molecule has 2 heterocycles. The van der Waals surface area contributed by atoms with Gasteiger partial charge in [-0.3, -0.25) is 14.4 Å². The third kappa shape index (κ3) is 3.49. The number of carbonyl (C=O) groups excluding carboxylic acids is 3. The lowest BCUT2D eigenvalue weighted by atomic mass is 9.79. The second kappa shape index (κ2) is 7.46. The van der Waals surface area contributed by atoms with Gasteiger partial charge in [0.2, 0.25) is 6.79 Å². The summed E-state index contributed by atoms with van der Waals surface area (Å²) in [6, 6.07) is 10.2. The van der Waals surface area contributed by atoms with Gasteiger partial charge in [0, 0.05) is 24.5 Å². The third-order valence-corrected chi connectivity index (χ3v) is 4.84. The molecule has 0 amide bonds. The molecular weight excluding hydrogens is 380 g/mol. The van der Waals surface area contributed by atoms with E-state index in [0.29, 0.717) is 28.4 Å². The first kappa shape index (κ1) is 18.8. The van der Waals surface area contributed by atoms with Crippen LogP contribution in [-0.2, 0) is 19.1 Å². The highest BCUT2D eigenvalue weighted by Crippen LogP contribution is 2.46. The van der Waals surface area contributed by atoms with Crippen LogP contribution in [-0.4, -0.2) is 38.2 Å².